The lowest BCUT2D eigenvalue weighted by Gasteiger charge is -2.02. The maximum absolute atomic E-state index is 5.66. The second kappa shape index (κ2) is 3.76. The minimum atomic E-state index is 0.581. The number of hydrogen-bond donors (Lipinski definition) is 1. The van der Waals surface area contributed by atoms with E-state index in [9.17, 15) is 0 Å². The van der Waals surface area contributed by atoms with Crippen LogP contribution in [0.2, 0.25) is 0 Å². The van der Waals surface area contributed by atoms with Crippen molar-refractivity contribution in [3.8, 4) is 5.88 Å². The molecule has 12 heavy (non-hydrogen) atoms. The topological polar surface area (TPSA) is 48.1 Å². The lowest BCUT2D eigenvalue weighted by atomic mass is 10.3. The number of nitrogen functional groups attached to an aromatic ring is 1. The van der Waals surface area contributed by atoms with Crippen LogP contribution in [0.25, 0.3) is 6.08 Å². The van der Waals surface area contributed by atoms with Gasteiger partial charge in [-0.15, -0.1) is 0 Å². The quantitative estimate of drug-likeness (QED) is 0.723. The number of rotatable bonds is 2. The van der Waals surface area contributed by atoms with Crippen LogP contribution in [0.3, 0.4) is 0 Å². The van der Waals surface area contributed by atoms with Gasteiger partial charge in [-0.25, -0.2) is 4.98 Å². The molecule has 0 radical (unpaired) electrons. The fourth-order valence-electron chi connectivity index (χ4n) is 0.872. The Morgan fingerprint density at radius 2 is 2.25 bits per heavy atom. The Hall–Kier alpha value is -1.51. The number of aromatic nitrogens is 1. The Bertz CT molecular complexity index is 295. The molecule has 1 aromatic rings. The second-order valence-corrected chi connectivity index (χ2v) is 2.33. The third-order valence-corrected chi connectivity index (χ3v) is 1.47. The zero-order valence-corrected chi connectivity index (χ0v) is 7.24. The second-order valence-electron chi connectivity index (χ2n) is 2.33. The van der Waals surface area contributed by atoms with Gasteiger partial charge in [0.05, 0.1) is 18.5 Å². The van der Waals surface area contributed by atoms with Gasteiger partial charge >= 0.3 is 0 Å². The summed E-state index contributed by atoms with van der Waals surface area (Å²) in [6.45, 7) is 1.92. The van der Waals surface area contributed by atoms with Gasteiger partial charge in [-0.2, -0.15) is 0 Å². The Morgan fingerprint density at radius 3 is 2.83 bits per heavy atom. The van der Waals surface area contributed by atoms with Crippen molar-refractivity contribution in [1.82, 2.24) is 4.98 Å². The van der Waals surface area contributed by atoms with E-state index in [-0.39, 0.29) is 0 Å². The van der Waals surface area contributed by atoms with Crippen LogP contribution in [-0.2, 0) is 0 Å². The number of allylic oxidation sites excluding steroid dienone is 1. The molecular weight excluding hydrogens is 152 g/mol. The van der Waals surface area contributed by atoms with Gasteiger partial charge in [0, 0.05) is 6.07 Å². The number of nitrogens with zero attached hydrogens (tertiary/aromatic N) is 1. The standard InChI is InChI=1S/C9H12N2O/c1-3-4-8-7(10)5-6-9(11-8)12-2/h3-6H,10H2,1-2H3/b4-3+. The van der Waals surface area contributed by atoms with E-state index in [1.54, 1.807) is 19.2 Å². The van der Waals surface area contributed by atoms with Crippen LogP contribution in [0.5, 0.6) is 5.88 Å². The van der Waals surface area contributed by atoms with E-state index in [2.05, 4.69) is 4.98 Å². The molecule has 0 aliphatic carbocycles. The largest absolute Gasteiger partial charge is 0.481 e. The summed E-state index contributed by atoms with van der Waals surface area (Å²) in [4.78, 5) is 4.15. The van der Waals surface area contributed by atoms with E-state index < -0.39 is 0 Å². The zero-order chi connectivity index (χ0) is 8.97. The average Bonchev–Trinajstić information content (AvgIpc) is 2.09. The third kappa shape index (κ3) is 1.75. The van der Waals surface area contributed by atoms with Crippen molar-refractivity contribution in [2.75, 3.05) is 12.8 Å². The lowest BCUT2D eigenvalue weighted by Crippen LogP contribution is -1.95. The first kappa shape index (κ1) is 8.59. The summed E-state index contributed by atoms with van der Waals surface area (Å²) in [7, 11) is 1.58. The van der Waals surface area contributed by atoms with E-state index in [4.69, 9.17) is 10.5 Å². The van der Waals surface area contributed by atoms with E-state index in [1.165, 1.54) is 0 Å². The van der Waals surface area contributed by atoms with Crippen molar-refractivity contribution >= 4 is 11.8 Å². The summed E-state index contributed by atoms with van der Waals surface area (Å²) in [5, 5.41) is 0. The Morgan fingerprint density at radius 1 is 1.50 bits per heavy atom. The molecule has 0 saturated heterocycles. The van der Waals surface area contributed by atoms with Crippen molar-refractivity contribution in [2.45, 2.75) is 6.92 Å². The predicted molar refractivity (Wildman–Crippen MR) is 49.9 cm³/mol. The molecule has 0 bridgehead atoms. The highest BCUT2D eigenvalue weighted by atomic mass is 16.5. The average molecular weight is 164 g/mol. The first-order valence-corrected chi connectivity index (χ1v) is 3.71. The number of hydrogen-bond acceptors (Lipinski definition) is 3. The summed E-state index contributed by atoms with van der Waals surface area (Å²) in [5.41, 5.74) is 7.07. The van der Waals surface area contributed by atoms with Gasteiger partial charge in [0.15, 0.2) is 0 Å². The minimum absolute atomic E-state index is 0.581. The predicted octanol–water partition coefficient (Wildman–Crippen LogP) is 1.71. The summed E-state index contributed by atoms with van der Waals surface area (Å²) < 4.78 is 4.96. The molecule has 0 aromatic carbocycles. The molecule has 0 fully saturated rings. The number of ether oxygens (including phenoxy) is 1. The fraction of sp³-hybridized carbons (Fsp3) is 0.222. The van der Waals surface area contributed by atoms with Gasteiger partial charge in [-0.05, 0) is 19.1 Å². The zero-order valence-electron chi connectivity index (χ0n) is 7.24. The van der Waals surface area contributed by atoms with Crippen molar-refractivity contribution in [3.05, 3.63) is 23.9 Å². The molecule has 3 nitrogen and oxygen atoms in total. The Labute approximate surface area is 71.9 Å². The van der Waals surface area contributed by atoms with Crippen molar-refractivity contribution in [3.63, 3.8) is 0 Å². The highest BCUT2D eigenvalue weighted by Gasteiger charge is 1.98. The number of methoxy groups -OCH3 is 1. The Kier molecular flexibility index (Phi) is 2.69. The van der Waals surface area contributed by atoms with Crippen molar-refractivity contribution < 1.29 is 4.74 Å². The van der Waals surface area contributed by atoms with Crippen LogP contribution < -0.4 is 10.5 Å². The molecule has 0 amide bonds. The minimum Gasteiger partial charge on any atom is -0.481 e. The number of nitrogens with two attached hydrogens (primary N) is 1. The monoisotopic (exact) mass is 164 g/mol. The van der Waals surface area contributed by atoms with Gasteiger partial charge in [-0.1, -0.05) is 6.08 Å². The van der Waals surface area contributed by atoms with Crippen LogP contribution in [-0.4, -0.2) is 12.1 Å². The maximum Gasteiger partial charge on any atom is 0.213 e. The molecule has 0 aliphatic rings. The molecule has 0 aliphatic heterocycles. The summed E-state index contributed by atoms with van der Waals surface area (Å²) >= 11 is 0. The highest BCUT2D eigenvalue weighted by Crippen LogP contribution is 2.15. The van der Waals surface area contributed by atoms with Gasteiger partial charge in [0.1, 0.15) is 0 Å². The maximum atomic E-state index is 5.66. The third-order valence-electron chi connectivity index (χ3n) is 1.47. The molecule has 1 aromatic heterocycles. The fourth-order valence-corrected chi connectivity index (χ4v) is 0.872. The van der Waals surface area contributed by atoms with Crippen molar-refractivity contribution in [2.24, 2.45) is 0 Å². The molecule has 0 spiro atoms. The normalized spacial score (nSPS) is 10.5. The van der Waals surface area contributed by atoms with Gasteiger partial charge in [0.25, 0.3) is 0 Å². The first-order valence-electron chi connectivity index (χ1n) is 3.71. The smallest absolute Gasteiger partial charge is 0.213 e. The van der Waals surface area contributed by atoms with Gasteiger partial charge in [0.2, 0.25) is 5.88 Å². The van der Waals surface area contributed by atoms with E-state index in [1.807, 2.05) is 19.1 Å². The van der Waals surface area contributed by atoms with E-state index >= 15 is 0 Å². The van der Waals surface area contributed by atoms with Crippen LogP contribution in [0.15, 0.2) is 18.2 Å². The summed E-state index contributed by atoms with van der Waals surface area (Å²) in [6.07, 6.45) is 3.73. The summed E-state index contributed by atoms with van der Waals surface area (Å²) in [6, 6.07) is 3.52. The van der Waals surface area contributed by atoms with Crippen LogP contribution in [0.1, 0.15) is 12.6 Å². The number of anilines is 1. The van der Waals surface area contributed by atoms with Crippen LogP contribution >= 0.6 is 0 Å². The molecule has 0 saturated carbocycles. The molecular formula is C9H12N2O. The molecule has 3 heteroatoms. The van der Waals surface area contributed by atoms with Gasteiger partial charge in [-0.3, -0.25) is 0 Å². The molecule has 1 rings (SSSR count). The summed E-state index contributed by atoms with van der Waals surface area (Å²) in [5.74, 6) is 0.581. The van der Waals surface area contributed by atoms with Crippen molar-refractivity contribution in [1.29, 1.82) is 0 Å². The molecule has 1 heterocycles. The van der Waals surface area contributed by atoms with Gasteiger partial charge < -0.3 is 10.5 Å². The van der Waals surface area contributed by atoms with E-state index in [0.29, 0.717) is 11.6 Å². The lowest BCUT2D eigenvalue weighted by molar-refractivity contribution is 0.398. The molecule has 2 N–H and O–H groups in total. The van der Waals surface area contributed by atoms with Crippen LogP contribution in [0, 0.1) is 0 Å². The first-order chi connectivity index (χ1) is 5.77. The molecule has 0 unspecified atom stereocenters. The highest BCUT2D eigenvalue weighted by molar-refractivity contribution is 5.61. The Balaban J connectivity index is 3.08. The van der Waals surface area contributed by atoms with E-state index in [0.717, 1.165) is 5.69 Å². The molecule has 0 atom stereocenters. The number of pyridine rings is 1. The molecule has 64 valence electrons. The van der Waals surface area contributed by atoms with Crippen LogP contribution in [0.4, 0.5) is 5.69 Å². The SMILES string of the molecule is C/C=C/c1nc(OC)ccc1N.